The lowest BCUT2D eigenvalue weighted by atomic mass is 9.48. The summed E-state index contributed by atoms with van der Waals surface area (Å²) in [4.78, 5) is 24.7. The molecule has 0 amide bonds. The predicted octanol–water partition coefficient (Wildman–Crippen LogP) is 4.54. The van der Waals surface area contributed by atoms with Crippen molar-refractivity contribution in [3.8, 4) is 0 Å². The van der Waals surface area contributed by atoms with E-state index >= 15 is 0 Å². The van der Waals surface area contributed by atoms with Crippen LogP contribution in [0.3, 0.4) is 0 Å². The number of allylic oxidation sites excluding steroid dienone is 3. The maximum Gasteiger partial charge on any atom is 0.303 e. The van der Waals surface area contributed by atoms with Gasteiger partial charge in [0.25, 0.3) is 0 Å². The SMILES string of the molecule is CC(=O)O[C@]1(C(C)=O)CC[C@H]2[C@@H]3C=C(Cl)C4=C[C@@H](O)CC[C@]4(C)[C@H]3CC[C@@]21C. The van der Waals surface area contributed by atoms with Crippen LogP contribution in [0.25, 0.3) is 0 Å². The Balaban J connectivity index is 1.78. The Morgan fingerprint density at radius 3 is 2.39 bits per heavy atom. The Labute approximate surface area is 172 Å². The number of hydrogen-bond donors (Lipinski definition) is 1. The molecule has 0 saturated heterocycles. The van der Waals surface area contributed by atoms with Gasteiger partial charge in [0.15, 0.2) is 11.4 Å². The van der Waals surface area contributed by atoms with E-state index in [-0.39, 0.29) is 34.4 Å². The van der Waals surface area contributed by atoms with Crippen molar-refractivity contribution in [1.82, 2.24) is 0 Å². The van der Waals surface area contributed by atoms with Gasteiger partial charge in [0.1, 0.15) is 0 Å². The van der Waals surface area contributed by atoms with Crippen LogP contribution in [0.5, 0.6) is 0 Å². The largest absolute Gasteiger partial charge is 0.451 e. The molecule has 4 aliphatic carbocycles. The van der Waals surface area contributed by atoms with Gasteiger partial charge in [-0.3, -0.25) is 9.59 Å². The summed E-state index contributed by atoms with van der Waals surface area (Å²) < 4.78 is 5.80. The van der Waals surface area contributed by atoms with E-state index in [1.165, 1.54) is 6.92 Å². The van der Waals surface area contributed by atoms with E-state index in [0.717, 1.165) is 42.7 Å². The maximum atomic E-state index is 12.8. The lowest BCUT2D eigenvalue weighted by Gasteiger charge is -2.58. The topological polar surface area (TPSA) is 63.6 Å². The van der Waals surface area contributed by atoms with Gasteiger partial charge < -0.3 is 9.84 Å². The van der Waals surface area contributed by atoms with Crippen LogP contribution < -0.4 is 0 Å². The summed E-state index contributed by atoms with van der Waals surface area (Å²) in [7, 11) is 0. The van der Waals surface area contributed by atoms with Crippen molar-refractivity contribution in [3.63, 3.8) is 0 Å². The number of ether oxygens (including phenoxy) is 1. The van der Waals surface area contributed by atoms with E-state index in [0.29, 0.717) is 12.3 Å². The number of ketones is 1. The van der Waals surface area contributed by atoms with Gasteiger partial charge >= 0.3 is 5.97 Å². The number of aliphatic hydroxyl groups excluding tert-OH is 1. The van der Waals surface area contributed by atoms with Crippen molar-refractivity contribution in [3.05, 3.63) is 22.8 Å². The van der Waals surface area contributed by atoms with Crippen molar-refractivity contribution >= 4 is 23.4 Å². The lowest BCUT2D eigenvalue weighted by molar-refractivity contribution is -0.185. The van der Waals surface area contributed by atoms with Crippen molar-refractivity contribution in [1.29, 1.82) is 0 Å². The van der Waals surface area contributed by atoms with Gasteiger partial charge in [-0.2, -0.15) is 0 Å². The van der Waals surface area contributed by atoms with Gasteiger partial charge in [0.05, 0.1) is 6.10 Å². The summed E-state index contributed by atoms with van der Waals surface area (Å²) >= 11 is 6.75. The highest BCUT2D eigenvalue weighted by molar-refractivity contribution is 6.32. The molecule has 7 atom stereocenters. The van der Waals surface area contributed by atoms with E-state index in [9.17, 15) is 14.7 Å². The van der Waals surface area contributed by atoms with E-state index < -0.39 is 11.7 Å². The minimum absolute atomic E-state index is 0.0374. The second-order valence-corrected chi connectivity index (χ2v) is 10.3. The van der Waals surface area contributed by atoms with Crippen LogP contribution in [-0.2, 0) is 14.3 Å². The first-order valence-corrected chi connectivity index (χ1v) is 10.9. The molecule has 4 rings (SSSR count). The van der Waals surface area contributed by atoms with Crippen LogP contribution in [-0.4, -0.2) is 28.6 Å². The molecule has 28 heavy (non-hydrogen) atoms. The third-order valence-electron chi connectivity index (χ3n) is 8.69. The zero-order chi connectivity index (χ0) is 20.5. The molecule has 0 heterocycles. The quantitative estimate of drug-likeness (QED) is 0.683. The predicted molar refractivity (Wildman–Crippen MR) is 108 cm³/mol. The number of rotatable bonds is 2. The fourth-order valence-electron chi connectivity index (χ4n) is 7.28. The molecular formula is C23H31ClO4. The molecule has 154 valence electrons. The third kappa shape index (κ3) is 2.53. The smallest absolute Gasteiger partial charge is 0.303 e. The first-order valence-electron chi connectivity index (χ1n) is 10.5. The van der Waals surface area contributed by atoms with E-state index in [1.54, 1.807) is 6.92 Å². The lowest BCUT2D eigenvalue weighted by Crippen LogP contribution is -2.58. The molecule has 4 nitrogen and oxygen atoms in total. The van der Waals surface area contributed by atoms with E-state index in [4.69, 9.17) is 16.3 Å². The van der Waals surface area contributed by atoms with Crippen molar-refractivity contribution in [2.24, 2.45) is 28.6 Å². The molecule has 2 fully saturated rings. The molecule has 0 aromatic rings. The molecular weight excluding hydrogens is 376 g/mol. The monoisotopic (exact) mass is 406 g/mol. The summed E-state index contributed by atoms with van der Waals surface area (Å²) in [6, 6.07) is 0. The molecule has 1 N–H and O–H groups in total. The van der Waals surface area contributed by atoms with Gasteiger partial charge in [-0.1, -0.05) is 37.6 Å². The Morgan fingerprint density at radius 2 is 1.75 bits per heavy atom. The van der Waals surface area contributed by atoms with Crippen molar-refractivity contribution < 1.29 is 19.4 Å². The molecule has 4 aliphatic rings. The number of halogens is 1. The number of hydrogen-bond acceptors (Lipinski definition) is 4. The van der Waals surface area contributed by atoms with Gasteiger partial charge in [-0.25, -0.2) is 0 Å². The minimum Gasteiger partial charge on any atom is -0.451 e. The van der Waals surface area contributed by atoms with Crippen LogP contribution >= 0.6 is 11.6 Å². The number of esters is 1. The first kappa shape index (κ1) is 20.2. The van der Waals surface area contributed by atoms with Crippen LogP contribution in [0.1, 0.15) is 66.2 Å². The standard InChI is InChI=1S/C23H31ClO4/c1-13(25)23(28-14(2)26)10-7-18-16-12-20(24)19-11-15(27)5-8-21(19,3)17(16)6-9-22(18,23)4/h11-12,15-18,27H,5-10H2,1-4H3/t15-,16+,17-,18-,21+,22-,23-/m0/s1. The molecule has 0 unspecified atom stereocenters. The molecule has 0 aliphatic heterocycles. The van der Waals surface area contributed by atoms with Gasteiger partial charge in [-0.05, 0) is 74.2 Å². The molecule has 0 radical (unpaired) electrons. The van der Waals surface area contributed by atoms with Crippen molar-refractivity contribution in [2.75, 3.05) is 0 Å². The number of Topliss-reactive ketones (excluding diaryl/α,β-unsaturated/α-hetero) is 1. The summed E-state index contributed by atoms with van der Waals surface area (Å²) in [5.41, 5.74) is -0.340. The molecule has 0 aromatic carbocycles. The fraction of sp³-hybridized carbons (Fsp3) is 0.739. The van der Waals surface area contributed by atoms with Gasteiger partial charge in [-0.15, -0.1) is 0 Å². The molecule has 0 spiro atoms. The highest BCUT2D eigenvalue weighted by Crippen LogP contribution is 2.68. The van der Waals surface area contributed by atoms with Gasteiger partial charge in [0, 0.05) is 17.4 Å². The summed E-state index contributed by atoms with van der Waals surface area (Å²) in [5.74, 6) is 0.542. The Hall–Kier alpha value is -1.13. The Bertz CT molecular complexity index is 785. The van der Waals surface area contributed by atoms with Crippen molar-refractivity contribution in [2.45, 2.75) is 77.9 Å². The second-order valence-electron chi connectivity index (χ2n) is 9.88. The van der Waals surface area contributed by atoms with Crippen LogP contribution in [0.2, 0.25) is 0 Å². The molecule has 0 bridgehead atoms. The van der Waals surface area contributed by atoms with Crippen LogP contribution in [0, 0.1) is 28.6 Å². The average Bonchev–Trinajstić information content (AvgIpc) is 2.90. The third-order valence-corrected chi connectivity index (χ3v) is 9.02. The second kappa shape index (κ2) is 6.43. The maximum absolute atomic E-state index is 12.8. The minimum atomic E-state index is -1.02. The molecule has 0 aromatic heterocycles. The van der Waals surface area contributed by atoms with Gasteiger partial charge in [0.2, 0.25) is 0 Å². The Morgan fingerprint density at radius 1 is 1.07 bits per heavy atom. The summed E-state index contributed by atoms with van der Waals surface area (Å²) in [6.07, 6.45) is 8.68. The zero-order valence-electron chi connectivity index (χ0n) is 17.3. The van der Waals surface area contributed by atoms with Crippen LogP contribution in [0.4, 0.5) is 0 Å². The first-order chi connectivity index (χ1) is 13.0. The fourth-order valence-corrected chi connectivity index (χ4v) is 7.70. The zero-order valence-corrected chi connectivity index (χ0v) is 18.0. The molecule has 5 heteroatoms. The number of aliphatic hydroxyl groups is 1. The van der Waals surface area contributed by atoms with E-state index in [1.807, 2.05) is 6.08 Å². The normalized spacial score (nSPS) is 47.2. The number of carbonyl (C=O) groups excluding carboxylic acids is 2. The van der Waals surface area contributed by atoms with Crippen LogP contribution in [0.15, 0.2) is 22.8 Å². The Kier molecular flexibility index (Phi) is 4.63. The summed E-state index contributed by atoms with van der Waals surface area (Å²) in [5, 5.41) is 10.9. The number of carbonyl (C=O) groups is 2. The highest BCUT2D eigenvalue weighted by atomic mass is 35.5. The average molecular weight is 407 g/mol. The highest BCUT2D eigenvalue weighted by Gasteiger charge is 2.67. The molecule has 2 saturated carbocycles. The summed E-state index contributed by atoms with van der Waals surface area (Å²) in [6.45, 7) is 7.40. The van der Waals surface area contributed by atoms with E-state index in [2.05, 4.69) is 19.9 Å². The number of fused-ring (bicyclic) bond motifs is 5.